The molecule has 0 saturated carbocycles. The molecule has 358 valence electrons. The summed E-state index contributed by atoms with van der Waals surface area (Å²) >= 11 is 44.3. The quantitative estimate of drug-likeness (QED) is 0.0264. The van der Waals surface area contributed by atoms with Gasteiger partial charge in [0, 0.05) is 0 Å². The van der Waals surface area contributed by atoms with Crippen molar-refractivity contribution in [2.24, 2.45) is 0 Å². The van der Waals surface area contributed by atoms with Gasteiger partial charge in [-0.2, -0.15) is 0 Å². The van der Waals surface area contributed by atoms with Crippen molar-refractivity contribution >= 4 is 121 Å². The van der Waals surface area contributed by atoms with Crippen LogP contribution in [0.5, 0.6) is 5.75 Å². The first-order valence-corrected chi connectivity index (χ1v) is 24.4. The highest BCUT2D eigenvalue weighted by molar-refractivity contribution is 7.20. The van der Waals surface area contributed by atoms with Gasteiger partial charge in [0.1, 0.15) is 98.6 Å². The van der Waals surface area contributed by atoms with Crippen LogP contribution >= 0.6 is 92.8 Å². The standard InChI is InChI=1S/C24BCl8F12.C20H26IO/c26-5-13(34)1(14(35)6(27)21(5)42)25(2-15(36)7(28)22(43)8(29)16(2)37,3-17(38)9(30)23(44)10(31)18(3)39)4-19(40)11(32)24(45)12(33)20(4)41;1-2-3-4-5-6-10-17-22-20-15-13-19(14-16-20)21-18-11-8-7-9-12-18/h;7-9,11-16H,2-6,10,17H2,1H3/q-1;+1. The highest BCUT2D eigenvalue weighted by atomic mass is 127. The normalized spacial score (nSPS) is 11.5. The van der Waals surface area contributed by atoms with Gasteiger partial charge in [0.15, 0.2) is 30.4 Å². The Labute approximate surface area is 425 Å². The molecule has 0 spiro atoms. The lowest BCUT2D eigenvalue weighted by atomic mass is 9.12. The van der Waals surface area contributed by atoms with E-state index in [0.717, 1.165) is 12.4 Å². The third kappa shape index (κ3) is 10.9. The van der Waals surface area contributed by atoms with Gasteiger partial charge in [0.2, 0.25) is 0 Å². The predicted molar refractivity (Wildman–Crippen MR) is 239 cm³/mol. The minimum absolute atomic E-state index is 0.0655. The molecule has 0 unspecified atom stereocenters. The van der Waals surface area contributed by atoms with Gasteiger partial charge in [-0.25, -0.2) is 52.7 Å². The lowest BCUT2D eigenvalue weighted by molar-refractivity contribution is -0.597. The van der Waals surface area contributed by atoms with E-state index in [1.165, 1.54) is 45.7 Å². The van der Waals surface area contributed by atoms with Gasteiger partial charge in [-0.1, -0.05) is 150 Å². The lowest BCUT2D eigenvalue weighted by Gasteiger charge is -2.45. The summed E-state index contributed by atoms with van der Waals surface area (Å²) < 4.78 is 196. The van der Waals surface area contributed by atoms with Gasteiger partial charge in [-0.05, 0) is 42.8 Å². The Bertz CT molecular complexity index is 2430. The summed E-state index contributed by atoms with van der Waals surface area (Å²) in [5, 5.41) is -15.6. The molecule has 0 aromatic heterocycles. The number of hydrogen-bond donors (Lipinski definition) is 0. The maximum Gasteiger partial charge on any atom is 0.357 e. The predicted octanol–water partition coefficient (Wildman–Crippen LogP) is 12.5. The van der Waals surface area contributed by atoms with Crippen LogP contribution in [0.4, 0.5) is 52.7 Å². The number of unbranched alkanes of at least 4 members (excludes halogenated alkanes) is 5. The molecular weight excluding hydrogens is 1190 g/mol. The Morgan fingerprint density at radius 1 is 0.373 bits per heavy atom. The molecule has 6 aromatic rings. The van der Waals surface area contributed by atoms with Gasteiger partial charge in [-0.15, -0.1) is 21.9 Å². The van der Waals surface area contributed by atoms with Crippen molar-refractivity contribution in [3.05, 3.63) is 172 Å². The Kier molecular flexibility index (Phi) is 19.4. The monoisotopic (exact) mass is 1220 g/mol. The molecule has 0 bridgehead atoms. The van der Waals surface area contributed by atoms with Crippen molar-refractivity contribution in [2.45, 2.75) is 45.4 Å². The van der Waals surface area contributed by atoms with E-state index in [4.69, 9.17) is 97.5 Å². The molecule has 0 aliphatic heterocycles. The Balaban J connectivity index is 0.000000319. The fraction of sp³-hybridized carbons (Fsp3) is 0.182. The SMILES string of the molecule is CCCCCCCCOc1ccc([I+]c2ccccc2)cc1.Fc1c(Cl)c(F)c([B-](c2c(F)c(Cl)c(F)c(Cl)c2F)(c2c(F)c(Cl)c(F)c(Cl)c2F)c2c(F)c(Cl)c(F)c(Cl)c2F)c(F)c1Cl. The molecule has 0 atom stereocenters. The molecular formula is C44H26BCl8F12IO. The first-order valence-electron chi connectivity index (χ1n) is 19.2. The van der Waals surface area contributed by atoms with E-state index in [1.807, 2.05) is 0 Å². The Morgan fingerprint density at radius 2 is 0.657 bits per heavy atom. The van der Waals surface area contributed by atoms with Gasteiger partial charge < -0.3 is 4.74 Å². The van der Waals surface area contributed by atoms with Gasteiger partial charge in [0.05, 0.1) is 6.61 Å². The van der Waals surface area contributed by atoms with Crippen molar-refractivity contribution < 1.29 is 78.6 Å². The van der Waals surface area contributed by atoms with Crippen LogP contribution in [0.25, 0.3) is 0 Å². The summed E-state index contributed by atoms with van der Waals surface area (Å²) in [6.45, 7) is 3.10. The molecule has 0 saturated heterocycles. The molecule has 0 fully saturated rings. The van der Waals surface area contributed by atoms with E-state index < -0.39 is 138 Å². The van der Waals surface area contributed by atoms with E-state index >= 15 is 35.1 Å². The van der Waals surface area contributed by atoms with Crippen molar-refractivity contribution in [3.8, 4) is 5.75 Å². The maximum atomic E-state index is 16.1. The fourth-order valence-corrected chi connectivity index (χ4v) is 11.1. The summed E-state index contributed by atoms with van der Waals surface area (Å²) in [5.41, 5.74) is -9.79. The zero-order valence-corrected chi connectivity index (χ0v) is 41.8. The summed E-state index contributed by atoms with van der Waals surface area (Å²) in [4.78, 5) is 0. The first kappa shape index (κ1) is 55.3. The first-order chi connectivity index (χ1) is 31.6. The number of rotatable bonds is 14. The molecule has 6 rings (SSSR count). The highest BCUT2D eigenvalue weighted by Crippen LogP contribution is 2.38. The minimum atomic E-state index is -5.97. The van der Waals surface area contributed by atoms with Gasteiger partial charge in [0.25, 0.3) is 0 Å². The fourth-order valence-electron chi connectivity index (χ4n) is 7.14. The molecule has 0 aliphatic rings. The number of ether oxygens (including phenoxy) is 1. The Hall–Kier alpha value is -2.61. The molecule has 23 heteroatoms. The highest BCUT2D eigenvalue weighted by Gasteiger charge is 2.51. The number of halogens is 21. The van der Waals surface area contributed by atoms with Crippen molar-refractivity contribution in [3.63, 3.8) is 0 Å². The molecule has 0 heterocycles. The third-order valence-corrected chi connectivity index (χ3v) is 15.6. The average molecular weight is 1220 g/mol. The van der Waals surface area contributed by atoms with Gasteiger partial charge in [-0.3, -0.25) is 0 Å². The molecule has 0 radical (unpaired) electrons. The Morgan fingerprint density at radius 3 is 0.970 bits per heavy atom. The second-order valence-electron chi connectivity index (χ2n) is 14.3. The average Bonchev–Trinajstić information content (AvgIpc) is 3.32. The van der Waals surface area contributed by atoms with Crippen LogP contribution in [0.1, 0.15) is 45.4 Å². The van der Waals surface area contributed by atoms with Crippen molar-refractivity contribution in [1.29, 1.82) is 0 Å². The van der Waals surface area contributed by atoms with E-state index in [0.29, 0.717) is 0 Å². The third-order valence-electron chi connectivity index (χ3n) is 10.2. The van der Waals surface area contributed by atoms with Crippen LogP contribution in [0.2, 0.25) is 40.2 Å². The van der Waals surface area contributed by atoms with Crippen molar-refractivity contribution in [2.75, 3.05) is 6.61 Å². The maximum absolute atomic E-state index is 16.1. The summed E-state index contributed by atoms with van der Waals surface area (Å²) in [7, 11) is 0. The molecule has 0 N–H and O–H groups in total. The smallest absolute Gasteiger partial charge is 0.357 e. The van der Waals surface area contributed by atoms with Gasteiger partial charge >= 0.3 is 21.2 Å². The van der Waals surface area contributed by atoms with Crippen molar-refractivity contribution in [1.82, 2.24) is 0 Å². The molecule has 1 nitrogen and oxygen atoms in total. The lowest BCUT2D eigenvalue weighted by Crippen LogP contribution is -3.61. The molecule has 67 heavy (non-hydrogen) atoms. The van der Waals surface area contributed by atoms with E-state index in [-0.39, 0.29) is 21.2 Å². The molecule has 0 aliphatic carbocycles. The van der Waals surface area contributed by atoms with Crippen LogP contribution < -0.4 is 47.8 Å². The topological polar surface area (TPSA) is 9.23 Å². The molecule has 0 amide bonds. The zero-order chi connectivity index (χ0) is 49.8. The molecule has 6 aromatic carbocycles. The van der Waals surface area contributed by atoms with E-state index in [9.17, 15) is 17.6 Å². The van der Waals surface area contributed by atoms with Crippen LogP contribution in [-0.2, 0) is 0 Å². The summed E-state index contributed by atoms with van der Waals surface area (Å²) in [5.74, 6) is -29.0. The largest absolute Gasteiger partial charge is 0.494 e. The number of hydrogen-bond acceptors (Lipinski definition) is 1. The second-order valence-corrected chi connectivity index (χ2v) is 20.3. The minimum Gasteiger partial charge on any atom is -0.494 e. The summed E-state index contributed by atoms with van der Waals surface area (Å²) in [6.07, 6.45) is 1.88. The van der Waals surface area contributed by atoms with Crippen LogP contribution in [-0.4, -0.2) is 12.8 Å². The van der Waals surface area contributed by atoms with Crippen LogP contribution in [0.3, 0.4) is 0 Å². The zero-order valence-electron chi connectivity index (χ0n) is 33.6. The van der Waals surface area contributed by atoms with E-state index in [2.05, 4.69) is 61.5 Å². The van der Waals surface area contributed by atoms with E-state index in [1.54, 1.807) is 0 Å². The van der Waals surface area contributed by atoms with Crippen LogP contribution in [0.15, 0.2) is 54.6 Å². The second kappa shape index (κ2) is 23.5. The van der Waals surface area contributed by atoms with Crippen LogP contribution in [0, 0.1) is 76.9 Å². The number of benzene rings is 6. The summed E-state index contributed by atoms with van der Waals surface area (Å²) in [6, 6.07) is 19.4.